The van der Waals surface area contributed by atoms with Crippen molar-refractivity contribution in [2.45, 2.75) is 44.3 Å². The minimum absolute atomic E-state index is 0.0166. The van der Waals surface area contributed by atoms with E-state index < -0.39 is 62.2 Å². The van der Waals surface area contributed by atoms with E-state index in [0.29, 0.717) is 10.8 Å². The number of aryl methyl sites for hydroxylation is 2. The van der Waals surface area contributed by atoms with E-state index in [-0.39, 0.29) is 11.5 Å². The minimum atomic E-state index is -4.75. The summed E-state index contributed by atoms with van der Waals surface area (Å²) in [5.41, 5.74) is 2.64. The van der Waals surface area contributed by atoms with E-state index in [9.17, 15) is 32.7 Å². The zero-order valence-corrected chi connectivity index (χ0v) is 21.5. The number of halogens is 3. The van der Waals surface area contributed by atoms with Gasteiger partial charge in [0.2, 0.25) is 0 Å². The van der Waals surface area contributed by atoms with Crippen LogP contribution in [0.5, 0.6) is 11.5 Å². The number of aliphatic hydroxyl groups is 2. The number of anilines is 1. The fraction of sp³-hybridized carbons (Fsp3) is 0.333. The first-order valence-electron chi connectivity index (χ1n) is 11.5. The second-order valence-corrected chi connectivity index (χ2v) is 10.4. The van der Waals surface area contributed by atoms with Crippen LogP contribution in [-0.2, 0) is 13.8 Å². The number of phosphoric ester groups is 1. The molecule has 0 aliphatic carbocycles. The molecule has 39 heavy (non-hydrogen) atoms. The van der Waals surface area contributed by atoms with Crippen molar-refractivity contribution in [3.8, 4) is 11.5 Å². The highest BCUT2D eigenvalue weighted by molar-refractivity contribution is 7.49. The van der Waals surface area contributed by atoms with E-state index in [2.05, 4.69) is 4.98 Å². The van der Waals surface area contributed by atoms with Gasteiger partial charge in [0.05, 0.1) is 12.8 Å². The van der Waals surface area contributed by atoms with Gasteiger partial charge >= 0.3 is 13.5 Å². The number of phosphoric acid groups is 1. The molecule has 11 nitrogen and oxygen atoms in total. The fourth-order valence-corrected chi connectivity index (χ4v) is 5.00. The molecule has 3 aromatic rings. The van der Waals surface area contributed by atoms with Crippen molar-refractivity contribution in [2.75, 3.05) is 12.3 Å². The Morgan fingerprint density at radius 1 is 1.08 bits per heavy atom. The molecule has 4 atom stereocenters. The highest BCUT2D eigenvalue weighted by Crippen LogP contribution is 2.52. The molecule has 2 heterocycles. The van der Waals surface area contributed by atoms with Gasteiger partial charge in [-0.05, 0) is 38.1 Å². The maximum absolute atomic E-state index is 14.4. The molecule has 1 aromatic heterocycles. The first kappa shape index (κ1) is 28.6. The first-order valence-corrected chi connectivity index (χ1v) is 12.9. The Morgan fingerprint density at radius 2 is 1.59 bits per heavy atom. The van der Waals surface area contributed by atoms with Crippen molar-refractivity contribution in [3.63, 3.8) is 0 Å². The number of hydrogen-bond donors (Lipinski definition) is 3. The van der Waals surface area contributed by atoms with Gasteiger partial charge in [-0.15, -0.1) is 0 Å². The number of benzene rings is 2. The standard InChI is InChI=1S/C24H25F3N3O8P/c1-13-3-7-15(8-4-13)37-39(34,38-16-9-5-14(2)6-10-16)35-12-24(22(26)27)19(32)18(31)21(36-24)30-11-17(25)20(28)29-23(30)33/h3-11,18-19,21-22,31-32H,12H2,1-2H3,(H2,28,29,33)/t18-,19-,21+,24+/m0/s1. The average molecular weight is 571 g/mol. The maximum Gasteiger partial charge on any atom is 0.587 e. The largest absolute Gasteiger partial charge is 0.587 e. The van der Waals surface area contributed by atoms with Gasteiger partial charge in [0.15, 0.2) is 23.5 Å². The molecule has 0 amide bonds. The van der Waals surface area contributed by atoms with Crippen molar-refractivity contribution in [2.24, 2.45) is 0 Å². The summed E-state index contributed by atoms with van der Waals surface area (Å²) in [6.45, 7) is 2.25. The van der Waals surface area contributed by atoms with Crippen molar-refractivity contribution in [1.29, 1.82) is 0 Å². The Hall–Kier alpha value is -3.42. The maximum atomic E-state index is 14.4. The van der Waals surface area contributed by atoms with Gasteiger partial charge in [0, 0.05) is 0 Å². The van der Waals surface area contributed by atoms with Crippen LogP contribution in [0.15, 0.2) is 59.5 Å². The van der Waals surface area contributed by atoms with E-state index in [1.807, 2.05) is 0 Å². The highest BCUT2D eigenvalue weighted by atomic mass is 31.2. The van der Waals surface area contributed by atoms with Gasteiger partial charge in [0.25, 0.3) is 6.43 Å². The number of ether oxygens (including phenoxy) is 1. The Kier molecular flexibility index (Phi) is 8.05. The molecule has 1 aliphatic rings. The van der Waals surface area contributed by atoms with Gasteiger partial charge in [-0.25, -0.2) is 22.5 Å². The molecule has 0 bridgehead atoms. The monoisotopic (exact) mass is 571 g/mol. The lowest BCUT2D eigenvalue weighted by atomic mass is 9.96. The van der Waals surface area contributed by atoms with Crippen LogP contribution in [-0.4, -0.2) is 50.6 Å². The first-order chi connectivity index (χ1) is 18.3. The summed E-state index contributed by atoms with van der Waals surface area (Å²) < 4.78 is 78.2. The SMILES string of the molecule is Cc1ccc(OP(=O)(OC[C@@]2(C(F)F)O[C@@H](n3cc(F)c(N)nc3=O)[C@@H](O)[C@@H]2O)Oc2ccc(C)cc2)cc1. The molecule has 4 rings (SSSR count). The Labute approximate surface area is 220 Å². The van der Waals surface area contributed by atoms with Crippen molar-refractivity contribution < 1.29 is 46.3 Å². The second-order valence-electron chi connectivity index (χ2n) is 8.89. The van der Waals surface area contributed by atoms with Gasteiger partial charge < -0.3 is 29.7 Å². The van der Waals surface area contributed by atoms with Crippen LogP contribution in [0, 0.1) is 19.7 Å². The summed E-state index contributed by atoms with van der Waals surface area (Å²) in [7, 11) is -4.75. The van der Waals surface area contributed by atoms with E-state index in [0.717, 1.165) is 11.1 Å². The summed E-state index contributed by atoms with van der Waals surface area (Å²) in [6.07, 6.45) is -9.69. The third-order valence-electron chi connectivity index (χ3n) is 5.96. The summed E-state index contributed by atoms with van der Waals surface area (Å²) >= 11 is 0. The molecule has 2 aromatic carbocycles. The van der Waals surface area contributed by atoms with E-state index in [1.165, 1.54) is 24.3 Å². The lowest BCUT2D eigenvalue weighted by Gasteiger charge is -2.31. The Bertz CT molecular complexity index is 1370. The highest BCUT2D eigenvalue weighted by Gasteiger charge is 2.62. The molecule has 1 saturated heterocycles. The number of hydrogen-bond acceptors (Lipinski definition) is 10. The van der Waals surface area contributed by atoms with Gasteiger partial charge in [-0.2, -0.15) is 4.98 Å². The number of aromatic nitrogens is 2. The summed E-state index contributed by atoms with van der Waals surface area (Å²) in [5, 5.41) is 21.1. The zero-order chi connectivity index (χ0) is 28.5. The summed E-state index contributed by atoms with van der Waals surface area (Å²) in [6, 6.07) is 12.3. The van der Waals surface area contributed by atoms with Gasteiger partial charge in [-0.3, -0.25) is 9.09 Å². The lowest BCUT2D eigenvalue weighted by molar-refractivity contribution is -0.193. The van der Waals surface area contributed by atoms with E-state index in [4.69, 9.17) is 24.0 Å². The smallest absolute Gasteiger partial charge is 0.395 e. The number of alkyl halides is 2. The van der Waals surface area contributed by atoms with Crippen LogP contribution in [0.4, 0.5) is 19.0 Å². The van der Waals surface area contributed by atoms with E-state index in [1.54, 1.807) is 38.1 Å². The molecule has 1 fully saturated rings. The van der Waals surface area contributed by atoms with Gasteiger partial charge in [-0.1, -0.05) is 35.4 Å². The third kappa shape index (κ3) is 5.94. The number of nitrogens with zero attached hydrogens (tertiary/aromatic N) is 2. The molecular weight excluding hydrogens is 546 g/mol. The molecule has 1 aliphatic heterocycles. The number of nitrogens with two attached hydrogens (primary N) is 1. The van der Waals surface area contributed by atoms with Crippen LogP contribution < -0.4 is 20.5 Å². The Balaban J connectivity index is 1.65. The van der Waals surface area contributed by atoms with Crippen LogP contribution in [0.25, 0.3) is 0 Å². The molecule has 0 spiro atoms. The van der Waals surface area contributed by atoms with Gasteiger partial charge in [0.1, 0.15) is 23.7 Å². The predicted octanol–water partition coefficient (Wildman–Crippen LogP) is 3.12. The van der Waals surface area contributed by atoms with Crippen LogP contribution in [0.2, 0.25) is 0 Å². The van der Waals surface area contributed by atoms with E-state index >= 15 is 0 Å². The Morgan fingerprint density at radius 3 is 2.08 bits per heavy atom. The molecule has 15 heteroatoms. The lowest BCUT2D eigenvalue weighted by Crippen LogP contribution is -2.52. The average Bonchev–Trinajstić information content (AvgIpc) is 3.14. The second kappa shape index (κ2) is 11.0. The van der Waals surface area contributed by atoms with Crippen molar-refractivity contribution in [1.82, 2.24) is 9.55 Å². The summed E-state index contributed by atoms with van der Waals surface area (Å²) in [5.74, 6) is -1.94. The number of nitrogen functional groups attached to an aromatic ring is 1. The molecule has 210 valence electrons. The van der Waals surface area contributed by atoms with Crippen LogP contribution >= 0.6 is 7.82 Å². The molecule has 0 unspecified atom stereocenters. The molecule has 4 N–H and O–H groups in total. The molecule has 0 radical (unpaired) electrons. The topological polar surface area (TPSA) is 155 Å². The van der Waals surface area contributed by atoms with Crippen LogP contribution in [0.3, 0.4) is 0 Å². The zero-order valence-electron chi connectivity index (χ0n) is 20.6. The van der Waals surface area contributed by atoms with Crippen LogP contribution in [0.1, 0.15) is 17.4 Å². The molecular formula is C24H25F3N3O8P. The summed E-state index contributed by atoms with van der Waals surface area (Å²) in [4.78, 5) is 15.4. The minimum Gasteiger partial charge on any atom is -0.395 e. The number of aliphatic hydroxyl groups excluding tert-OH is 2. The molecule has 0 saturated carbocycles. The quantitative estimate of drug-likeness (QED) is 0.326. The fourth-order valence-electron chi connectivity index (χ4n) is 3.74. The van der Waals surface area contributed by atoms with Crippen molar-refractivity contribution in [3.05, 3.63) is 82.2 Å². The normalized spacial score (nSPS) is 23.2. The predicted molar refractivity (Wildman–Crippen MR) is 131 cm³/mol. The number of rotatable bonds is 9. The third-order valence-corrected chi connectivity index (χ3v) is 7.27. The van der Waals surface area contributed by atoms with Crippen molar-refractivity contribution >= 4 is 13.6 Å².